The topological polar surface area (TPSA) is 78.9 Å². The molecular formula is C29H46N2O4. The number of hydrogen-bond donors (Lipinski definition) is 2. The zero-order valence-electron chi connectivity index (χ0n) is 21.8. The second kappa shape index (κ2) is 14.5. The summed E-state index contributed by atoms with van der Waals surface area (Å²) >= 11 is 0. The van der Waals surface area contributed by atoms with E-state index in [4.69, 9.17) is 4.74 Å². The molecule has 1 aromatic carbocycles. The van der Waals surface area contributed by atoms with Crippen LogP contribution in [0.4, 0.5) is 4.79 Å². The number of amides is 2. The number of benzene rings is 1. The lowest BCUT2D eigenvalue weighted by atomic mass is 9.82. The summed E-state index contributed by atoms with van der Waals surface area (Å²) < 4.78 is 6.28. The van der Waals surface area contributed by atoms with Crippen LogP contribution in [0.5, 0.6) is 0 Å². The fraction of sp³-hybridized carbons (Fsp3) is 0.724. The van der Waals surface area contributed by atoms with Gasteiger partial charge in [-0.25, -0.2) is 4.79 Å². The number of aliphatic carboxylic acids is 1. The molecule has 0 aliphatic heterocycles. The Balaban J connectivity index is 1.49. The molecule has 2 saturated carbocycles. The highest BCUT2D eigenvalue weighted by molar-refractivity contribution is 5.74. The van der Waals surface area contributed by atoms with Gasteiger partial charge in [-0.15, -0.1) is 0 Å². The number of hydrogen-bond acceptors (Lipinski definition) is 3. The fourth-order valence-electron chi connectivity index (χ4n) is 5.60. The van der Waals surface area contributed by atoms with Crippen LogP contribution in [0, 0.1) is 18.8 Å². The summed E-state index contributed by atoms with van der Waals surface area (Å²) in [5, 5.41) is 12.6. The number of urea groups is 1. The molecule has 35 heavy (non-hydrogen) atoms. The molecule has 196 valence electrons. The van der Waals surface area contributed by atoms with Crippen molar-refractivity contribution in [2.45, 2.75) is 110 Å². The van der Waals surface area contributed by atoms with Gasteiger partial charge < -0.3 is 20.1 Å². The van der Waals surface area contributed by atoms with E-state index in [1.165, 1.54) is 31.2 Å². The van der Waals surface area contributed by atoms with Gasteiger partial charge in [-0.1, -0.05) is 68.9 Å². The molecule has 3 rings (SSSR count). The number of ether oxygens (including phenoxy) is 1. The zero-order chi connectivity index (χ0) is 25.0. The molecule has 1 unspecified atom stereocenters. The Hall–Kier alpha value is -2.08. The maximum absolute atomic E-state index is 13.2. The van der Waals surface area contributed by atoms with Crippen molar-refractivity contribution in [3.63, 3.8) is 0 Å². The maximum Gasteiger partial charge on any atom is 0.317 e. The second-order valence-corrected chi connectivity index (χ2v) is 10.7. The van der Waals surface area contributed by atoms with Gasteiger partial charge in [0.25, 0.3) is 0 Å². The van der Waals surface area contributed by atoms with Crippen molar-refractivity contribution in [3.05, 3.63) is 35.4 Å². The first kappa shape index (κ1) is 27.5. The largest absolute Gasteiger partial charge is 0.481 e. The average molecular weight is 487 g/mol. The Bertz CT molecular complexity index is 775. The van der Waals surface area contributed by atoms with Crippen molar-refractivity contribution >= 4 is 12.0 Å². The lowest BCUT2D eigenvalue weighted by Crippen LogP contribution is -2.46. The van der Waals surface area contributed by atoms with E-state index in [2.05, 4.69) is 36.5 Å². The lowest BCUT2D eigenvalue weighted by molar-refractivity contribution is -0.142. The van der Waals surface area contributed by atoms with Crippen molar-refractivity contribution in [2.75, 3.05) is 13.2 Å². The Labute approximate surface area is 211 Å². The number of aryl methyl sites for hydroxylation is 1. The van der Waals surface area contributed by atoms with Crippen molar-refractivity contribution in [1.82, 2.24) is 10.2 Å². The van der Waals surface area contributed by atoms with Gasteiger partial charge in [0.05, 0.1) is 18.6 Å². The maximum atomic E-state index is 13.2. The molecule has 2 aliphatic carbocycles. The van der Waals surface area contributed by atoms with E-state index in [0.29, 0.717) is 32.0 Å². The van der Waals surface area contributed by atoms with E-state index in [1.54, 1.807) is 0 Å². The van der Waals surface area contributed by atoms with Crippen LogP contribution in [0.25, 0.3) is 0 Å². The molecule has 0 radical (unpaired) electrons. The van der Waals surface area contributed by atoms with E-state index >= 15 is 0 Å². The molecule has 2 fully saturated rings. The van der Waals surface area contributed by atoms with Crippen LogP contribution in [0.3, 0.4) is 0 Å². The number of nitrogens with zero attached hydrogens (tertiary/aromatic N) is 1. The highest BCUT2D eigenvalue weighted by Gasteiger charge is 2.25. The Morgan fingerprint density at radius 2 is 1.83 bits per heavy atom. The highest BCUT2D eigenvalue weighted by atomic mass is 16.5. The Morgan fingerprint density at radius 3 is 2.51 bits per heavy atom. The molecule has 0 spiro atoms. The van der Waals surface area contributed by atoms with Gasteiger partial charge in [-0.2, -0.15) is 0 Å². The molecular weight excluding hydrogens is 440 g/mol. The first-order valence-corrected chi connectivity index (χ1v) is 13.9. The van der Waals surface area contributed by atoms with E-state index in [1.807, 2.05) is 11.8 Å². The molecule has 3 atom stereocenters. The predicted octanol–water partition coefficient (Wildman–Crippen LogP) is 6.31. The van der Waals surface area contributed by atoms with Crippen molar-refractivity contribution in [3.8, 4) is 0 Å². The van der Waals surface area contributed by atoms with Crippen LogP contribution >= 0.6 is 0 Å². The standard InChI is InChI=1S/C29H46N2O4/c1-3-25(28(32)33)17-16-23-8-7-11-27(20-23)35-19-18-31(21-24-14-12-22(2)13-15-24)29(34)30-26-9-5-4-6-10-26/h12-15,23,25-27H,3-11,16-21H2,1-2H3,(H,30,34)(H,32,33)/t23-,25?,27-/m1/s1. The summed E-state index contributed by atoms with van der Waals surface area (Å²) in [6.07, 6.45) is 12.8. The van der Waals surface area contributed by atoms with Gasteiger partial charge >= 0.3 is 12.0 Å². The van der Waals surface area contributed by atoms with Crippen LogP contribution in [0.2, 0.25) is 0 Å². The minimum Gasteiger partial charge on any atom is -0.481 e. The van der Waals surface area contributed by atoms with E-state index in [0.717, 1.165) is 50.5 Å². The molecule has 6 heteroatoms. The van der Waals surface area contributed by atoms with Crippen LogP contribution in [0.1, 0.15) is 95.1 Å². The number of carboxylic acid groups (broad SMARTS) is 1. The summed E-state index contributed by atoms with van der Waals surface area (Å²) in [5.74, 6) is -0.356. The van der Waals surface area contributed by atoms with E-state index in [-0.39, 0.29) is 24.1 Å². The van der Waals surface area contributed by atoms with E-state index in [9.17, 15) is 14.7 Å². The molecule has 0 aromatic heterocycles. The molecule has 2 aliphatic rings. The molecule has 2 amide bonds. The van der Waals surface area contributed by atoms with Gasteiger partial charge in [0.15, 0.2) is 0 Å². The van der Waals surface area contributed by atoms with Gasteiger partial charge in [0, 0.05) is 19.1 Å². The summed E-state index contributed by atoms with van der Waals surface area (Å²) in [5.41, 5.74) is 2.35. The number of carbonyl (C=O) groups excluding carboxylic acids is 1. The minimum atomic E-state index is -0.670. The van der Waals surface area contributed by atoms with E-state index < -0.39 is 5.97 Å². The molecule has 1 aromatic rings. The minimum absolute atomic E-state index is 0.0156. The van der Waals surface area contributed by atoms with Gasteiger partial charge in [-0.3, -0.25) is 4.79 Å². The smallest absolute Gasteiger partial charge is 0.317 e. The van der Waals surface area contributed by atoms with Crippen LogP contribution in [-0.4, -0.2) is 47.3 Å². The summed E-state index contributed by atoms with van der Waals surface area (Å²) in [6.45, 7) is 5.73. The number of carboxylic acids is 1. The molecule has 0 bridgehead atoms. The first-order chi connectivity index (χ1) is 16.9. The highest BCUT2D eigenvalue weighted by Crippen LogP contribution is 2.31. The van der Waals surface area contributed by atoms with Crippen LogP contribution in [-0.2, 0) is 16.1 Å². The molecule has 0 saturated heterocycles. The Kier molecular flexibility index (Phi) is 11.4. The Morgan fingerprint density at radius 1 is 1.09 bits per heavy atom. The number of nitrogens with one attached hydrogen (secondary N) is 1. The van der Waals surface area contributed by atoms with Gasteiger partial charge in [0.1, 0.15) is 0 Å². The third-order valence-electron chi connectivity index (χ3n) is 7.93. The quantitative estimate of drug-likeness (QED) is 0.363. The number of rotatable bonds is 12. The number of carbonyl (C=O) groups is 2. The SMILES string of the molecule is CCC(CC[C@H]1CCC[C@@H](OCCN(Cc2ccc(C)cc2)C(=O)NC2CCCCC2)C1)C(=O)O. The van der Waals surface area contributed by atoms with Crippen LogP contribution in [0.15, 0.2) is 24.3 Å². The third-order valence-corrected chi connectivity index (χ3v) is 7.93. The third kappa shape index (κ3) is 9.47. The normalized spacial score (nSPS) is 21.9. The summed E-state index contributed by atoms with van der Waals surface area (Å²) in [4.78, 5) is 26.4. The van der Waals surface area contributed by atoms with Gasteiger partial charge in [0.2, 0.25) is 0 Å². The average Bonchev–Trinajstić information content (AvgIpc) is 2.86. The van der Waals surface area contributed by atoms with Crippen molar-refractivity contribution in [2.24, 2.45) is 11.8 Å². The predicted molar refractivity (Wildman–Crippen MR) is 139 cm³/mol. The summed E-state index contributed by atoms with van der Waals surface area (Å²) in [6, 6.07) is 8.70. The molecule has 6 nitrogen and oxygen atoms in total. The monoisotopic (exact) mass is 486 g/mol. The van der Waals surface area contributed by atoms with Crippen LogP contribution < -0.4 is 5.32 Å². The fourth-order valence-corrected chi connectivity index (χ4v) is 5.60. The van der Waals surface area contributed by atoms with Gasteiger partial charge in [-0.05, 0) is 63.4 Å². The first-order valence-electron chi connectivity index (χ1n) is 13.9. The molecule has 0 heterocycles. The van der Waals surface area contributed by atoms with Crippen molar-refractivity contribution < 1.29 is 19.4 Å². The lowest BCUT2D eigenvalue weighted by Gasteiger charge is -2.31. The second-order valence-electron chi connectivity index (χ2n) is 10.7. The zero-order valence-corrected chi connectivity index (χ0v) is 21.8. The summed E-state index contributed by atoms with van der Waals surface area (Å²) in [7, 11) is 0. The van der Waals surface area contributed by atoms with Crippen molar-refractivity contribution in [1.29, 1.82) is 0 Å². The molecule has 2 N–H and O–H groups in total.